The summed E-state index contributed by atoms with van der Waals surface area (Å²) in [5, 5.41) is 7.71. The van der Waals surface area contributed by atoms with Gasteiger partial charge in [0, 0.05) is 0 Å². The number of nitrogens with zero attached hydrogens (tertiary/aromatic N) is 3. The zero-order valence-corrected chi connectivity index (χ0v) is 5.26. The molecule has 0 saturated carbocycles. The maximum absolute atomic E-state index is 5.38. The number of halogens is 1. The summed E-state index contributed by atoms with van der Waals surface area (Å²) in [5.74, 6) is 0. The van der Waals surface area contributed by atoms with E-state index in [9.17, 15) is 0 Å². The van der Waals surface area contributed by atoms with Gasteiger partial charge in [-0.25, -0.2) is 0 Å². The molecule has 4 heteroatoms. The first-order valence-corrected chi connectivity index (χ1v) is 2.79. The number of hydrogen-bond donors (Lipinski definition) is 0. The first-order chi connectivity index (χ1) is 3.83. The largest absolute Gasteiger partial charge is 0.170 e. The summed E-state index contributed by atoms with van der Waals surface area (Å²) in [6, 6.07) is 0.327. The summed E-state index contributed by atoms with van der Waals surface area (Å²) in [5.41, 5.74) is 0.894. The van der Waals surface area contributed by atoms with E-state index >= 15 is 0 Å². The third kappa shape index (κ3) is 0.980. The second kappa shape index (κ2) is 2.13. The Labute approximate surface area is 52.3 Å². The van der Waals surface area contributed by atoms with Crippen molar-refractivity contribution in [1.29, 1.82) is 0 Å². The van der Waals surface area contributed by atoms with Crippen LogP contribution in [0.15, 0.2) is 6.20 Å². The third-order valence-electron chi connectivity index (χ3n) is 0.758. The highest BCUT2D eigenvalue weighted by Crippen LogP contribution is 1.87. The molecule has 1 heterocycles. The Bertz CT molecular complexity index is 172. The minimum absolute atomic E-state index is 0.327. The number of aryl methyl sites for hydroxylation is 1. The minimum Gasteiger partial charge on any atom is -0.170 e. The smallest absolute Gasteiger partial charge is 0.134 e. The molecule has 0 amide bonds. The van der Waals surface area contributed by atoms with Crippen LogP contribution in [0.5, 0.6) is 0 Å². The Hall–Kier alpha value is -0.570. The summed E-state index contributed by atoms with van der Waals surface area (Å²) in [6.07, 6.45) is 1.67. The topological polar surface area (TPSA) is 30.7 Å². The minimum atomic E-state index is 0.327. The molecular weight excluding hydrogens is 126 g/mol. The molecule has 0 unspecified atom stereocenters. The van der Waals surface area contributed by atoms with E-state index in [-0.39, 0.29) is 0 Å². The molecular formula is C4H6ClN3. The number of rotatable bonds is 1. The van der Waals surface area contributed by atoms with Gasteiger partial charge in [0.05, 0.1) is 11.9 Å². The maximum atomic E-state index is 5.38. The summed E-state index contributed by atoms with van der Waals surface area (Å²) in [6.45, 7) is 1.87. The van der Waals surface area contributed by atoms with Gasteiger partial charge in [-0.3, -0.25) is 0 Å². The fraction of sp³-hybridized carbons (Fsp3) is 0.500. The molecule has 1 aromatic rings. The van der Waals surface area contributed by atoms with E-state index in [1.807, 2.05) is 6.92 Å². The molecule has 0 N–H and O–H groups in total. The van der Waals surface area contributed by atoms with Gasteiger partial charge in [0.2, 0.25) is 0 Å². The summed E-state index contributed by atoms with van der Waals surface area (Å²) < 4.78 is 0. The molecule has 0 spiro atoms. The van der Waals surface area contributed by atoms with Gasteiger partial charge in [0.15, 0.2) is 0 Å². The van der Waals surface area contributed by atoms with E-state index in [0.717, 1.165) is 5.69 Å². The molecule has 1 rings (SSSR count). The molecule has 3 nitrogen and oxygen atoms in total. The molecule has 44 valence electrons. The molecule has 0 aliphatic heterocycles. The van der Waals surface area contributed by atoms with Gasteiger partial charge in [0.25, 0.3) is 0 Å². The number of aromatic nitrogens is 3. The first kappa shape index (κ1) is 5.56. The van der Waals surface area contributed by atoms with Crippen LogP contribution >= 0.6 is 11.6 Å². The van der Waals surface area contributed by atoms with Crippen LogP contribution in [-0.4, -0.2) is 15.0 Å². The molecule has 8 heavy (non-hydrogen) atoms. The fourth-order valence-corrected chi connectivity index (χ4v) is 0.557. The Morgan fingerprint density at radius 3 is 2.88 bits per heavy atom. The zero-order chi connectivity index (χ0) is 5.98. The lowest BCUT2D eigenvalue weighted by Gasteiger charge is -1.84. The fourth-order valence-electron chi connectivity index (χ4n) is 0.442. The Morgan fingerprint density at radius 2 is 2.62 bits per heavy atom. The molecule has 0 aliphatic rings. The van der Waals surface area contributed by atoms with E-state index in [0.29, 0.717) is 6.00 Å². The number of alkyl halides is 1. The second-order valence-corrected chi connectivity index (χ2v) is 1.72. The van der Waals surface area contributed by atoms with Crippen molar-refractivity contribution in [1.82, 2.24) is 15.0 Å². The van der Waals surface area contributed by atoms with Crippen molar-refractivity contribution in [3.05, 3.63) is 11.9 Å². The van der Waals surface area contributed by atoms with Crippen molar-refractivity contribution < 1.29 is 0 Å². The van der Waals surface area contributed by atoms with Gasteiger partial charge < -0.3 is 0 Å². The van der Waals surface area contributed by atoms with E-state index in [1.54, 1.807) is 6.20 Å². The highest BCUT2D eigenvalue weighted by molar-refractivity contribution is 6.15. The van der Waals surface area contributed by atoms with Crippen LogP contribution in [-0.2, 0) is 6.00 Å². The molecule has 0 aliphatic carbocycles. The van der Waals surface area contributed by atoms with E-state index in [4.69, 9.17) is 11.6 Å². The van der Waals surface area contributed by atoms with Gasteiger partial charge in [-0.1, -0.05) is 11.6 Å². The molecule has 1 aromatic heterocycles. The highest BCUT2D eigenvalue weighted by Gasteiger charge is 1.88. The molecule has 0 aromatic carbocycles. The van der Waals surface area contributed by atoms with Crippen molar-refractivity contribution in [3.63, 3.8) is 0 Å². The second-order valence-electron chi connectivity index (χ2n) is 1.48. The van der Waals surface area contributed by atoms with Crippen LogP contribution in [0.25, 0.3) is 0 Å². The van der Waals surface area contributed by atoms with Crippen molar-refractivity contribution >= 4 is 11.6 Å². The summed E-state index contributed by atoms with van der Waals surface area (Å²) in [7, 11) is 0. The Balaban J connectivity index is 2.84. The lowest BCUT2D eigenvalue weighted by atomic mass is 10.6. The van der Waals surface area contributed by atoms with Crippen LogP contribution in [0.3, 0.4) is 0 Å². The first-order valence-electron chi connectivity index (χ1n) is 2.25. The van der Waals surface area contributed by atoms with Gasteiger partial charge in [0.1, 0.15) is 6.00 Å². The zero-order valence-electron chi connectivity index (χ0n) is 4.50. The Morgan fingerprint density at radius 1 is 1.88 bits per heavy atom. The van der Waals surface area contributed by atoms with Gasteiger partial charge >= 0.3 is 0 Å². The number of hydrogen-bond acceptors (Lipinski definition) is 2. The standard InChI is InChI=1S/C4H6ClN3/c1-4-2-6-8(3-5)7-4/h2H,3H2,1H3. The SMILES string of the molecule is Cc1cnn(CCl)n1. The van der Waals surface area contributed by atoms with Crippen LogP contribution < -0.4 is 0 Å². The lowest BCUT2D eigenvalue weighted by molar-refractivity contribution is 0.631. The van der Waals surface area contributed by atoms with Crippen LogP contribution in [0.4, 0.5) is 0 Å². The van der Waals surface area contributed by atoms with E-state index in [1.165, 1.54) is 4.80 Å². The van der Waals surface area contributed by atoms with E-state index in [2.05, 4.69) is 10.2 Å². The van der Waals surface area contributed by atoms with Gasteiger partial charge in [-0.05, 0) is 6.92 Å². The quantitative estimate of drug-likeness (QED) is 0.528. The highest BCUT2D eigenvalue weighted by atomic mass is 35.5. The third-order valence-corrected chi connectivity index (χ3v) is 0.972. The van der Waals surface area contributed by atoms with Crippen molar-refractivity contribution in [2.75, 3.05) is 0 Å². The molecule has 0 fully saturated rings. The van der Waals surface area contributed by atoms with Gasteiger partial charge in [-0.2, -0.15) is 15.0 Å². The average Bonchev–Trinajstić information content (AvgIpc) is 2.14. The normalized spacial score (nSPS) is 9.75. The molecule has 0 bridgehead atoms. The molecule has 0 saturated heterocycles. The van der Waals surface area contributed by atoms with E-state index < -0.39 is 0 Å². The lowest BCUT2D eigenvalue weighted by Crippen LogP contribution is -1.95. The molecule has 0 radical (unpaired) electrons. The van der Waals surface area contributed by atoms with Gasteiger partial charge in [-0.15, -0.1) is 0 Å². The maximum Gasteiger partial charge on any atom is 0.134 e. The van der Waals surface area contributed by atoms with Crippen LogP contribution in [0.1, 0.15) is 5.69 Å². The summed E-state index contributed by atoms with van der Waals surface area (Å²) >= 11 is 5.38. The van der Waals surface area contributed by atoms with Crippen molar-refractivity contribution in [2.24, 2.45) is 0 Å². The van der Waals surface area contributed by atoms with Crippen LogP contribution in [0, 0.1) is 6.92 Å². The molecule has 0 atom stereocenters. The van der Waals surface area contributed by atoms with Crippen molar-refractivity contribution in [3.8, 4) is 0 Å². The monoisotopic (exact) mass is 131 g/mol. The van der Waals surface area contributed by atoms with Crippen LogP contribution in [0.2, 0.25) is 0 Å². The average molecular weight is 132 g/mol. The van der Waals surface area contributed by atoms with Crippen molar-refractivity contribution in [2.45, 2.75) is 12.9 Å². The predicted octanol–water partition coefficient (Wildman–Crippen LogP) is 0.783. The predicted molar refractivity (Wildman–Crippen MR) is 30.6 cm³/mol. The Kier molecular flexibility index (Phi) is 1.48. The summed E-state index contributed by atoms with van der Waals surface area (Å²) in [4.78, 5) is 1.43.